The first-order chi connectivity index (χ1) is 19.4. The molecule has 4 atom stereocenters. The Morgan fingerprint density at radius 2 is 1.80 bits per heavy atom. The second-order valence-corrected chi connectivity index (χ2v) is 9.90. The molecule has 3 aromatic rings. The molecular formula is C29H26F2N2O7. The zero-order chi connectivity index (χ0) is 27.8. The number of hydrogen-bond donors (Lipinski definition) is 3. The van der Waals surface area contributed by atoms with Crippen molar-refractivity contribution in [2.24, 2.45) is 0 Å². The molecule has 3 aliphatic rings. The highest BCUT2D eigenvalue weighted by atomic mass is 19.1. The van der Waals surface area contributed by atoms with E-state index in [-0.39, 0.29) is 43.8 Å². The highest BCUT2D eigenvalue weighted by molar-refractivity contribution is 6.04. The van der Waals surface area contributed by atoms with Gasteiger partial charge in [0.2, 0.25) is 12.7 Å². The number of amides is 2. The molecule has 1 fully saturated rings. The molecule has 40 heavy (non-hydrogen) atoms. The van der Waals surface area contributed by atoms with E-state index in [4.69, 9.17) is 18.9 Å². The molecule has 208 valence electrons. The zero-order valence-corrected chi connectivity index (χ0v) is 21.2. The van der Waals surface area contributed by atoms with Gasteiger partial charge < -0.3 is 34.7 Å². The summed E-state index contributed by atoms with van der Waals surface area (Å²) < 4.78 is 50.0. The minimum atomic E-state index is -0.670. The molecule has 0 spiro atoms. The lowest BCUT2D eigenvalue weighted by Crippen LogP contribution is -2.47. The quantitative estimate of drug-likeness (QED) is 0.410. The van der Waals surface area contributed by atoms with E-state index in [1.165, 1.54) is 0 Å². The van der Waals surface area contributed by atoms with Crippen molar-refractivity contribution in [1.82, 2.24) is 5.32 Å². The molecule has 6 rings (SSSR count). The topological polar surface area (TPSA) is 115 Å². The SMILES string of the molecule is O=C(C[C@@H]1C[C@H]2c3cc(NC(=O)c4ccc5c(c4)OCO5)ccc3O[C@H]2[C@@H](CO)O1)NCc1cc(F)ccc1F. The molecular weight excluding hydrogens is 526 g/mol. The van der Waals surface area contributed by atoms with Crippen molar-refractivity contribution in [3.05, 3.63) is 82.9 Å². The van der Waals surface area contributed by atoms with Crippen LogP contribution >= 0.6 is 0 Å². The van der Waals surface area contributed by atoms with Crippen LogP contribution in [-0.4, -0.2) is 48.6 Å². The molecule has 0 unspecified atom stereocenters. The average Bonchev–Trinajstić information content (AvgIpc) is 3.57. The Bertz CT molecular complexity index is 1470. The third-order valence-electron chi connectivity index (χ3n) is 7.29. The molecule has 0 aliphatic carbocycles. The summed E-state index contributed by atoms with van der Waals surface area (Å²) in [5, 5.41) is 15.5. The first-order valence-corrected chi connectivity index (χ1v) is 12.9. The highest BCUT2D eigenvalue weighted by Gasteiger charge is 2.46. The predicted octanol–water partition coefficient (Wildman–Crippen LogP) is 3.65. The van der Waals surface area contributed by atoms with Gasteiger partial charge in [0.05, 0.1) is 19.1 Å². The summed E-state index contributed by atoms with van der Waals surface area (Å²) in [6, 6.07) is 13.3. The zero-order valence-electron chi connectivity index (χ0n) is 21.2. The first kappa shape index (κ1) is 26.0. The van der Waals surface area contributed by atoms with Crippen LogP contribution in [-0.2, 0) is 16.1 Å². The summed E-state index contributed by atoms with van der Waals surface area (Å²) in [6.07, 6.45) is -1.28. The van der Waals surface area contributed by atoms with Gasteiger partial charge in [-0.3, -0.25) is 9.59 Å². The van der Waals surface area contributed by atoms with Crippen LogP contribution in [0.2, 0.25) is 0 Å². The largest absolute Gasteiger partial charge is 0.487 e. The Morgan fingerprint density at radius 3 is 2.65 bits per heavy atom. The van der Waals surface area contributed by atoms with Crippen LogP contribution < -0.4 is 24.8 Å². The van der Waals surface area contributed by atoms with Crippen LogP contribution in [0.4, 0.5) is 14.5 Å². The van der Waals surface area contributed by atoms with Gasteiger partial charge in [0.25, 0.3) is 5.91 Å². The van der Waals surface area contributed by atoms with Crippen LogP contribution in [0.3, 0.4) is 0 Å². The lowest BCUT2D eigenvalue weighted by molar-refractivity contribution is -0.142. The maximum atomic E-state index is 13.9. The van der Waals surface area contributed by atoms with Crippen LogP contribution in [0.5, 0.6) is 17.2 Å². The normalized spacial score (nSPS) is 22.2. The van der Waals surface area contributed by atoms with E-state index in [1.54, 1.807) is 30.3 Å². The fourth-order valence-corrected chi connectivity index (χ4v) is 5.36. The van der Waals surface area contributed by atoms with E-state index in [2.05, 4.69) is 10.6 Å². The highest BCUT2D eigenvalue weighted by Crippen LogP contribution is 2.47. The van der Waals surface area contributed by atoms with Crippen LogP contribution in [0.15, 0.2) is 54.6 Å². The Morgan fingerprint density at radius 1 is 0.975 bits per heavy atom. The van der Waals surface area contributed by atoms with Crippen molar-refractivity contribution < 1.29 is 42.4 Å². The number of anilines is 1. The van der Waals surface area contributed by atoms with E-state index in [9.17, 15) is 23.5 Å². The van der Waals surface area contributed by atoms with Gasteiger partial charge in [0.1, 0.15) is 29.6 Å². The maximum absolute atomic E-state index is 13.9. The van der Waals surface area contributed by atoms with Crippen molar-refractivity contribution in [3.63, 3.8) is 0 Å². The smallest absolute Gasteiger partial charge is 0.255 e. The van der Waals surface area contributed by atoms with Gasteiger partial charge in [0.15, 0.2) is 11.5 Å². The third kappa shape index (κ3) is 5.17. The summed E-state index contributed by atoms with van der Waals surface area (Å²) in [5.41, 5.74) is 1.85. The van der Waals surface area contributed by atoms with Gasteiger partial charge in [-0.25, -0.2) is 8.78 Å². The number of carbonyl (C=O) groups is 2. The number of halogens is 2. The maximum Gasteiger partial charge on any atom is 0.255 e. The lowest BCUT2D eigenvalue weighted by Gasteiger charge is -2.37. The molecule has 0 aromatic heterocycles. The van der Waals surface area contributed by atoms with Gasteiger partial charge in [0, 0.05) is 34.8 Å². The van der Waals surface area contributed by atoms with Gasteiger partial charge >= 0.3 is 0 Å². The number of hydrogen-bond acceptors (Lipinski definition) is 7. The monoisotopic (exact) mass is 552 g/mol. The summed E-state index contributed by atoms with van der Waals surface area (Å²) in [6.45, 7) is -0.362. The van der Waals surface area contributed by atoms with E-state index in [0.29, 0.717) is 34.9 Å². The fraction of sp³-hybridized carbons (Fsp3) is 0.310. The van der Waals surface area contributed by atoms with Crippen LogP contribution in [0.1, 0.15) is 40.2 Å². The number of aliphatic hydroxyl groups is 1. The Labute approximate surface area is 228 Å². The van der Waals surface area contributed by atoms with Gasteiger partial charge in [-0.2, -0.15) is 0 Å². The minimum Gasteiger partial charge on any atom is -0.487 e. The van der Waals surface area contributed by atoms with Crippen molar-refractivity contribution in [1.29, 1.82) is 0 Å². The molecule has 1 saturated heterocycles. The lowest BCUT2D eigenvalue weighted by atomic mass is 9.84. The van der Waals surface area contributed by atoms with Gasteiger partial charge in [-0.1, -0.05) is 0 Å². The van der Waals surface area contributed by atoms with Crippen LogP contribution in [0, 0.1) is 11.6 Å². The third-order valence-corrected chi connectivity index (χ3v) is 7.29. The number of fused-ring (bicyclic) bond motifs is 4. The standard InChI is InChI=1S/C29H26F2N2O7/c30-17-2-4-22(31)16(7-17)12-32-27(35)11-19-10-21-20-9-18(3-6-23(20)40-28(21)26(13-34)39-19)33-29(36)15-1-5-24-25(8-15)38-14-37-24/h1-9,19,21,26,28,34H,10-14H2,(H,32,35)(H,33,36)/t19-,21-,26+,28+/m0/s1. The van der Waals surface area contributed by atoms with Crippen molar-refractivity contribution in [3.8, 4) is 17.2 Å². The summed E-state index contributed by atoms with van der Waals surface area (Å²) in [5.74, 6) is -0.410. The number of carbonyl (C=O) groups excluding carboxylic acids is 2. The molecule has 0 bridgehead atoms. The van der Waals surface area contributed by atoms with Crippen molar-refractivity contribution in [2.75, 3.05) is 18.7 Å². The number of benzene rings is 3. The number of aliphatic hydroxyl groups excluding tert-OH is 1. The molecule has 3 heterocycles. The number of ether oxygens (including phenoxy) is 4. The molecule has 9 nitrogen and oxygen atoms in total. The molecule has 2 amide bonds. The Hall–Kier alpha value is -4.22. The molecule has 3 aromatic carbocycles. The summed E-state index contributed by atoms with van der Waals surface area (Å²) in [4.78, 5) is 25.5. The van der Waals surface area contributed by atoms with E-state index in [1.807, 2.05) is 6.07 Å². The summed E-state index contributed by atoms with van der Waals surface area (Å²) in [7, 11) is 0. The second kappa shape index (κ2) is 10.7. The molecule has 11 heteroatoms. The molecule has 3 aliphatic heterocycles. The number of rotatable bonds is 7. The fourth-order valence-electron chi connectivity index (χ4n) is 5.36. The Balaban J connectivity index is 1.13. The van der Waals surface area contributed by atoms with E-state index < -0.39 is 35.9 Å². The Kier molecular flexibility index (Phi) is 6.99. The van der Waals surface area contributed by atoms with Crippen LogP contribution in [0.25, 0.3) is 0 Å². The van der Waals surface area contributed by atoms with E-state index in [0.717, 1.165) is 23.8 Å². The first-order valence-electron chi connectivity index (χ1n) is 12.9. The summed E-state index contributed by atoms with van der Waals surface area (Å²) >= 11 is 0. The number of nitrogens with one attached hydrogen (secondary N) is 2. The van der Waals surface area contributed by atoms with E-state index >= 15 is 0 Å². The average molecular weight is 553 g/mol. The predicted molar refractivity (Wildman–Crippen MR) is 137 cm³/mol. The van der Waals surface area contributed by atoms with Crippen molar-refractivity contribution >= 4 is 17.5 Å². The molecule has 0 saturated carbocycles. The van der Waals surface area contributed by atoms with Crippen molar-refractivity contribution in [2.45, 2.75) is 43.6 Å². The van der Waals surface area contributed by atoms with Gasteiger partial charge in [-0.05, 0) is 61.0 Å². The minimum absolute atomic E-state index is 0.0352. The molecule has 0 radical (unpaired) electrons. The van der Waals surface area contributed by atoms with Gasteiger partial charge in [-0.15, -0.1) is 0 Å². The molecule has 3 N–H and O–H groups in total. The second-order valence-electron chi connectivity index (χ2n) is 9.90.